The standard InChI is InChI=1S/C15H14N4O/c16-9-10-2-1-3-11(8-10)18-13-6-7-17-15-12(13)4-5-14(20)19-15/h1-8H,9,16H2,(H2,17,18,19,20). The Bertz CT molecular complexity index is 810. The Kier molecular flexibility index (Phi) is 3.18. The van der Waals surface area contributed by atoms with E-state index in [0.29, 0.717) is 12.2 Å². The van der Waals surface area contributed by atoms with Crippen molar-refractivity contribution >= 4 is 22.4 Å². The van der Waals surface area contributed by atoms with Crippen LogP contribution in [0.25, 0.3) is 11.0 Å². The Hall–Kier alpha value is -2.66. The van der Waals surface area contributed by atoms with Crippen LogP contribution in [0.2, 0.25) is 0 Å². The first-order valence-electron chi connectivity index (χ1n) is 6.30. The minimum absolute atomic E-state index is 0.160. The van der Waals surface area contributed by atoms with E-state index in [-0.39, 0.29) is 5.56 Å². The largest absolute Gasteiger partial charge is 0.355 e. The second-order valence-corrected chi connectivity index (χ2v) is 4.47. The van der Waals surface area contributed by atoms with Crippen LogP contribution >= 0.6 is 0 Å². The molecule has 1 aromatic carbocycles. The van der Waals surface area contributed by atoms with Crippen LogP contribution < -0.4 is 16.6 Å². The van der Waals surface area contributed by atoms with Crippen LogP contribution in [0.5, 0.6) is 0 Å². The van der Waals surface area contributed by atoms with E-state index in [1.54, 1.807) is 12.3 Å². The van der Waals surface area contributed by atoms with Gasteiger partial charge in [-0.1, -0.05) is 12.1 Å². The molecule has 0 unspecified atom stereocenters. The lowest BCUT2D eigenvalue weighted by Crippen LogP contribution is -2.04. The Labute approximate surface area is 115 Å². The SMILES string of the molecule is NCc1cccc(Nc2ccnc3[nH]c(=O)ccc23)c1. The molecule has 0 saturated heterocycles. The first kappa shape index (κ1) is 12.4. The number of rotatable bonds is 3. The molecule has 2 heterocycles. The smallest absolute Gasteiger partial charge is 0.249 e. The summed E-state index contributed by atoms with van der Waals surface area (Å²) < 4.78 is 0. The number of fused-ring (bicyclic) bond motifs is 1. The van der Waals surface area contributed by atoms with E-state index in [1.807, 2.05) is 30.3 Å². The van der Waals surface area contributed by atoms with Crippen molar-refractivity contribution < 1.29 is 0 Å². The summed E-state index contributed by atoms with van der Waals surface area (Å²) in [6.07, 6.45) is 1.66. The van der Waals surface area contributed by atoms with Gasteiger partial charge in [0.25, 0.3) is 0 Å². The summed E-state index contributed by atoms with van der Waals surface area (Å²) in [5.74, 6) is 0. The van der Waals surface area contributed by atoms with Gasteiger partial charge >= 0.3 is 0 Å². The monoisotopic (exact) mass is 266 g/mol. The molecule has 0 spiro atoms. The zero-order chi connectivity index (χ0) is 13.9. The van der Waals surface area contributed by atoms with E-state index < -0.39 is 0 Å². The summed E-state index contributed by atoms with van der Waals surface area (Å²) in [7, 11) is 0. The van der Waals surface area contributed by atoms with Crippen LogP contribution in [-0.2, 0) is 6.54 Å². The number of nitrogens with zero attached hydrogens (tertiary/aromatic N) is 1. The number of hydrogen-bond donors (Lipinski definition) is 3. The third-order valence-electron chi connectivity index (χ3n) is 3.07. The number of anilines is 2. The van der Waals surface area contributed by atoms with Gasteiger partial charge in [0, 0.05) is 29.9 Å². The van der Waals surface area contributed by atoms with E-state index in [9.17, 15) is 4.79 Å². The molecule has 0 radical (unpaired) electrons. The van der Waals surface area contributed by atoms with Gasteiger partial charge in [0.2, 0.25) is 5.56 Å². The lowest BCUT2D eigenvalue weighted by atomic mass is 10.2. The molecule has 0 saturated carbocycles. The van der Waals surface area contributed by atoms with Gasteiger partial charge in [-0.15, -0.1) is 0 Å². The number of aromatic nitrogens is 2. The molecule has 0 aliphatic carbocycles. The molecule has 0 aliphatic heterocycles. The lowest BCUT2D eigenvalue weighted by molar-refractivity contribution is 1.07. The zero-order valence-corrected chi connectivity index (χ0v) is 10.8. The Morgan fingerprint density at radius 2 is 2.10 bits per heavy atom. The van der Waals surface area contributed by atoms with Crippen molar-refractivity contribution in [1.82, 2.24) is 9.97 Å². The summed E-state index contributed by atoms with van der Waals surface area (Å²) in [5, 5.41) is 4.19. The molecule has 0 amide bonds. The van der Waals surface area contributed by atoms with E-state index >= 15 is 0 Å². The average molecular weight is 266 g/mol. The molecule has 0 atom stereocenters. The molecule has 5 nitrogen and oxygen atoms in total. The third-order valence-corrected chi connectivity index (χ3v) is 3.07. The van der Waals surface area contributed by atoms with Crippen molar-refractivity contribution in [2.24, 2.45) is 5.73 Å². The maximum Gasteiger partial charge on any atom is 0.249 e. The maximum absolute atomic E-state index is 11.3. The minimum Gasteiger partial charge on any atom is -0.355 e. The number of benzene rings is 1. The molecule has 20 heavy (non-hydrogen) atoms. The van der Waals surface area contributed by atoms with E-state index in [4.69, 9.17) is 5.73 Å². The van der Waals surface area contributed by atoms with Crippen molar-refractivity contribution in [2.45, 2.75) is 6.54 Å². The number of pyridine rings is 2. The number of nitrogens with two attached hydrogens (primary N) is 1. The highest BCUT2D eigenvalue weighted by Crippen LogP contribution is 2.23. The molecular formula is C15H14N4O. The highest BCUT2D eigenvalue weighted by atomic mass is 16.1. The van der Waals surface area contributed by atoms with Gasteiger partial charge in [-0.2, -0.15) is 0 Å². The topological polar surface area (TPSA) is 83.8 Å². The third kappa shape index (κ3) is 2.39. The van der Waals surface area contributed by atoms with Gasteiger partial charge in [-0.25, -0.2) is 4.98 Å². The highest BCUT2D eigenvalue weighted by Gasteiger charge is 2.03. The van der Waals surface area contributed by atoms with Crippen molar-refractivity contribution in [3.8, 4) is 0 Å². The van der Waals surface area contributed by atoms with Gasteiger partial charge in [0.15, 0.2) is 0 Å². The Morgan fingerprint density at radius 3 is 2.95 bits per heavy atom. The molecule has 0 bridgehead atoms. The normalized spacial score (nSPS) is 10.7. The van der Waals surface area contributed by atoms with E-state index in [1.165, 1.54) is 6.07 Å². The molecule has 0 fully saturated rings. The molecular weight excluding hydrogens is 252 g/mol. The highest BCUT2D eigenvalue weighted by molar-refractivity contribution is 5.90. The first-order valence-corrected chi connectivity index (χ1v) is 6.30. The summed E-state index contributed by atoms with van der Waals surface area (Å²) in [6, 6.07) is 13.0. The van der Waals surface area contributed by atoms with Crippen molar-refractivity contribution in [2.75, 3.05) is 5.32 Å². The van der Waals surface area contributed by atoms with E-state index in [0.717, 1.165) is 22.3 Å². The number of hydrogen-bond acceptors (Lipinski definition) is 4. The zero-order valence-electron chi connectivity index (χ0n) is 10.8. The predicted octanol–water partition coefficient (Wildman–Crippen LogP) is 2.13. The van der Waals surface area contributed by atoms with Crippen LogP contribution in [-0.4, -0.2) is 9.97 Å². The van der Waals surface area contributed by atoms with Crippen molar-refractivity contribution in [3.63, 3.8) is 0 Å². The fourth-order valence-corrected chi connectivity index (χ4v) is 2.10. The molecule has 100 valence electrons. The molecule has 2 aromatic heterocycles. The Balaban J connectivity index is 2.04. The molecule has 5 heteroatoms. The predicted molar refractivity (Wildman–Crippen MR) is 80.0 cm³/mol. The van der Waals surface area contributed by atoms with Gasteiger partial charge in [-0.05, 0) is 29.8 Å². The minimum atomic E-state index is -0.160. The van der Waals surface area contributed by atoms with Crippen LogP contribution in [0, 0.1) is 0 Å². The summed E-state index contributed by atoms with van der Waals surface area (Å²) in [6.45, 7) is 0.500. The van der Waals surface area contributed by atoms with Gasteiger partial charge in [0.05, 0.1) is 5.69 Å². The molecule has 3 aromatic rings. The quantitative estimate of drug-likeness (QED) is 0.678. The second-order valence-electron chi connectivity index (χ2n) is 4.47. The Morgan fingerprint density at radius 1 is 1.20 bits per heavy atom. The maximum atomic E-state index is 11.3. The van der Waals surface area contributed by atoms with Crippen molar-refractivity contribution in [3.05, 3.63) is 64.6 Å². The summed E-state index contributed by atoms with van der Waals surface area (Å²) in [4.78, 5) is 18.2. The van der Waals surface area contributed by atoms with Gasteiger partial charge in [0.1, 0.15) is 5.65 Å². The lowest BCUT2D eigenvalue weighted by Gasteiger charge is -2.10. The fourth-order valence-electron chi connectivity index (χ4n) is 2.10. The summed E-state index contributed by atoms with van der Waals surface area (Å²) in [5.41, 5.74) is 8.95. The van der Waals surface area contributed by atoms with Crippen molar-refractivity contribution in [1.29, 1.82) is 0 Å². The average Bonchev–Trinajstić information content (AvgIpc) is 2.47. The first-order chi connectivity index (χ1) is 9.76. The number of H-pyrrole nitrogens is 1. The molecule has 3 rings (SSSR count). The number of nitrogens with one attached hydrogen (secondary N) is 2. The molecule has 4 N–H and O–H groups in total. The van der Waals surface area contributed by atoms with E-state index in [2.05, 4.69) is 15.3 Å². The van der Waals surface area contributed by atoms with Crippen LogP contribution in [0.3, 0.4) is 0 Å². The van der Waals surface area contributed by atoms with Gasteiger partial charge < -0.3 is 16.0 Å². The second kappa shape index (κ2) is 5.14. The summed E-state index contributed by atoms with van der Waals surface area (Å²) >= 11 is 0. The fraction of sp³-hybridized carbons (Fsp3) is 0.0667. The van der Waals surface area contributed by atoms with Crippen LogP contribution in [0.1, 0.15) is 5.56 Å². The number of aromatic amines is 1. The van der Waals surface area contributed by atoms with Crippen LogP contribution in [0.4, 0.5) is 11.4 Å². The van der Waals surface area contributed by atoms with Crippen LogP contribution in [0.15, 0.2) is 53.5 Å². The molecule has 0 aliphatic rings. The van der Waals surface area contributed by atoms with Gasteiger partial charge in [-0.3, -0.25) is 4.79 Å².